The Morgan fingerprint density at radius 3 is 2.35 bits per heavy atom. The van der Waals surface area contributed by atoms with Crippen LogP contribution < -0.4 is 4.90 Å². The molecular weight excluding hydrogens is 294 g/mol. The highest BCUT2D eigenvalue weighted by Gasteiger charge is 2.51. The van der Waals surface area contributed by atoms with Crippen molar-refractivity contribution in [1.29, 1.82) is 0 Å². The second-order valence-corrected chi connectivity index (χ2v) is 6.80. The molecule has 1 aromatic rings. The minimum absolute atomic E-state index is 0.283. The van der Waals surface area contributed by atoms with Gasteiger partial charge in [0.2, 0.25) is 5.91 Å². The molecule has 0 fully saturated rings. The van der Waals surface area contributed by atoms with E-state index in [0.29, 0.717) is 24.1 Å². The zero-order chi connectivity index (χ0) is 17.4. The zero-order valence-electron chi connectivity index (χ0n) is 14.3. The summed E-state index contributed by atoms with van der Waals surface area (Å²) < 4.78 is 5.38. The number of carbonyl (C=O) groups is 3. The Morgan fingerprint density at radius 2 is 1.87 bits per heavy atom. The van der Waals surface area contributed by atoms with Gasteiger partial charge in [-0.3, -0.25) is 9.59 Å². The molecule has 0 aliphatic carbocycles. The summed E-state index contributed by atoms with van der Waals surface area (Å²) in [5.74, 6) is -0.283. The van der Waals surface area contributed by atoms with Gasteiger partial charge < -0.3 is 4.74 Å². The number of nitrogens with zero attached hydrogens (tertiary/aromatic N) is 1. The molecular formula is C18H23NO4. The van der Waals surface area contributed by atoms with E-state index < -0.39 is 17.1 Å². The third-order valence-electron chi connectivity index (χ3n) is 4.31. The number of carbonyl (C=O) groups excluding carboxylic acids is 3. The first-order valence-corrected chi connectivity index (χ1v) is 7.87. The molecule has 0 unspecified atom stereocenters. The number of hydrogen-bond donors (Lipinski definition) is 0. The zero-order valence-corrected chi connectivity index (χ0v) is 14.3. The quantitative estimate of drug-likeness (QED) is 0.795. The van der Waals surface area contributed by atoms with E-state index in [1.807, 2.05) is 13.8 Å². The molecule has 1 aliphatic rings. The summed E-state index contributed by atoms with van der Waals surface area (Å²) in [5.41, 5.74) is 0.255. The van der Waals surface area contributed by atoms with Gasteiger partial charge in [0, 0.05) is 5.56 Å². The third-order valence-corrected chi connectivity index (χ3v) is 4.31. The molecule has 0 aromatic heterocycles. The lowest BCUT2D eigenvalue weighted by molar-refractivity contribution is -0.123. The first kappa shape index (κ1) is 17.2. The van der Waals surface area contributed by atoms with Gasteiger partial charge in [0.05, 0.1) is 11.1 Å². The molecule has 1 heterocycles. The van der Waals surface area contributed by atoms with Crippen molar-refractivity contribution in [3.05, 3.63) is 29.3 Å². The predicted octanol–water partition coefficient (Wildman–Crippen LogP) is 3.84. The van der Waals surface area contributed by atoms with Crippen LogP contribution in [-0.2, 0) is 14.9 Å². The van der Waals surface area contributed by atoms with Crippen LogP contribution in [0.5, 0.6) is 0 Å². The van der Waals surface area contributed by atoms with Gasteiger partial charge in [-0.1, -0.05) is 13.8 Å². The lowest BCUT2D eigenvalue weighted by Crippen LogP contribution is -2.44. The summed E-state index contributed by atoms with van der Waals surface area (Å²) in [4.78, 5) is 37.7. The van der Waals surface area contributed by atoms with Crippen molar-refractivity contribution in [2.75, 3.05) is 4.90 Å². The molecule has 0 N–H and O–H groups in total. The molecule has 23 heavy (non-hydrogen) atoms. The van der Waals surface area contributed by atoms with E-state index >= 15 is 0 Å². The largest absolute Gasteiger partial charge is 0.443 e. The Morgan fingerprint density at radius 1 is 1.26 bits per heavy atom. The fourth-order valence-corrected chi connectivity index (χ4v) is 3.07. The van der Waals surface area contributed by atoms with Crippen LogP contribution in [0.25, 0.3) is 0 Å². The lowest BCUT2D eigenvalue weighted by atomic mass is 9.76. The third kappa shape index (κ3) is 2.76. The standard InChI is InChI=1S/C18H23NO4/c1-6-18(7-2)13-10-12(11-20)8-9-14(13)19(15(18)21)16(22)23-17(3,4)5/h8-11H,6-7H2,1-5H3. The number of ether oxygens (including phenoxy) is 1. The van der Waals surface area contributed by atoms with Crippen molar-refractivity contribution in [3.63, 3.8) is 0 Å². The number of amides is 2. The van der Waals surface area contributed by atoms with E-state index in [4.69, 9.17) is 4.74 Å². The van der Waals surface area contributed by atoms with Crippen molar-refractivity contribution in [2.45, 2.75) is 58.5 Å². The molecule has 0 bridgehead atoms. The first-order chi connectivity index (χ1) is 10.7. The molecule has 0 saturated heterocycles. The van der Waals surface area contributed by atoms with Gasteiger partial charge >= 0.3 is 6.09 Å². The number of benzene rings is 1. The molecule has 124 valence electrons. The number of aldehydes is 1. The molecule has 0 atom stereocenters. The molecule has 5 nitrogen and oxygen atoms in total. The molecule has 1 aromatic carbocycles. The normalized spacial score (nSPS) is 16.2. The van der Waals surface area contributed by atoms with Crippen LogP contribution in [0.3, 0.4) is 0 Å². The maximum Gasteiger partial charge on any atom is 0.421 e. The summed E-state index contributed by atoms with van der Waals surface area (Å²) in [6, 6.07) is 4.96. The van der Waals surface area contributed by atoms with Gasteiger partial charge in [-0.2, -0.15) is 0 Å². The summed E-state index contributed by atoms with van der Waals surface area (Å²) in [7, 11) is 0. The number of imide groups is 1. The van der Waals surface area contributed by atoms with Gasteiger partial charge in [0.1, 0.15) is 11.9 Å². The van der Waals surface area contributed by atoms with E-state index in [1.165, 1.54) is 0 Å². The minimum Gasteiger partial charge on any atom is -0.443 e. The Kier molecular flexibility index (Phi) is 4.33. The molecule has 5 heteroatoms. The van der Waals surface area contributed by atoms with Crippen LogP contribution >= 0.6 is 0 Å². The van der Waals surface area contributed by atoms with Crippen LogP contribution in [0.4, 0.5) is 10.5 Å². The highest BCUT2D eigenvalue weighted by molar-refractivity contribution is 6.21. The molecule has 1 aliphatic heterocycles. The highest BCUT2D eigenvalue weighted by atomic mass is 16.6. The molecule has 0 saturated carbocycles. The van der Waals surface area contributed by atoms with Gasteiger partial charge in [-0.25, -0.2) is 9.69 Å². The molecule has 2 rings (SSSR count). The highest BCUT2D eigenvalue weighted by Crippen LogP contribution is 2.46. The average Bonchev–Trinajstić information content (AvgIpc) is 2.73. The van der Waals surface area contributed by atoms with E-state index in [2.05, 4.69) is 0 Å². The Labute approximate surface area is 136 Å². The van der Waals surface area contributed by atoms with Crippen LogP contribution in [0.2, 0.25) is 0 Å². The van der Waals surface area contributed by atoms with Crippen LogP contribution in [0.1, 0.15) is 63.4 Å². The predicted molar refractivity (Wildman–Crippen MR) is 87.8 cm³/mol. The number of anilines is 1. The van der Waals surface area contributed by atoms with Crippen LogP contribution in [0.15, 0.2) is 18.2 Å². The van der Waals surface area contributed by atoms with Crippen LogP contribution in [0, 0.1) is 0 Å². The van der Waals surface area contributed by atoms with E-state index in [-0.39, 0.29) is 5.91 Å². The van der Waals surface area contributed by atoms with Crippen molar-refractivity contribution < 1.29 is 19.1 Å². The SMILES string of the molecule is CCC1(CC)C(=O)N(C(=O)OC(C)(C)C)c2ccc(C=O)cc21. The second-order valence-electron chi connectivity index (χ2n) is 6.80. The minimum atomic E-state index is -0.786. The van der Waals surface area contributed by atoms with E-state index in [9.17, 15) is 14.4 Å². The van der Waals surface area contributed by atoms with Crippen molar-refractivity contribution in [2.24, 2.45) is 0 Å². The maximum atomic E-state index is 13.0. The van der Waals surface area contributed by atoms with E-state index in [0.717, 1.165) is 16.7 Å². The van der Waals surface area contributed by atoms with Gasteiger partial charge in [-0.05, 0) is 57.4 Å². The van der Waals surface area contributed by atoms with E-state index in [1.54, 1.807) is 39.0 Å². The lowest BCUT2D eigenvalue weighted by Gasteiger charge is -2.27. The fourth-order valence-electron chi connectivity index (χ4n) is 3.07. The number of hydrogen-bond acceptors (Lipinski definition) is 4. The molecule has 2 amide bonds. The van der Waals surface area contributed by atoms with Crippen molar-refractivity contribution in [3.8, 4) is 0 Å². The Balaban J connectivity index is 2.59. The smallest absolute Gasteiger partial charge is 0.421 e. The summed E-state index contributed by atoms with van der Waals surface area (Å²) in [5, 5.41) is 0. The molecule has 0 spiro atoms. The summed E-state index contributed by atoms with van der Waals surface area (Å²) >= 11 is 0. The number of rotatable bonds is 3. The van der Waals surface area contributed by atoms with Crippen LogP contribution in [-0.4, -0.2) is 23.9 Å². The second kappa shape index (κ2) is 5.80. The van der Waals surface area contributed by atoms with Crippen molar-refractivity contribution >= 4 is 24.0 Å². The maximum absolute atomic E-state index is 13.0. The summed E-state index contributed by atoms with van der Waals surface area (Å²) in [6.45, 7) is 9.10. The van der Waals surface area contributed by atoms with Gasteiger partial charge in [0.15, 0.2) is 0 Å². The topological polar surface area (TPSA) is 63.7 Å². The summed E-state index contributed by atoms with van der Waals surface area (Å²) in [6.07, 6.45) is 1.18. The Bertz CT molecular complexity index is 653. The average molecular weight is 317 g/mol. The van der Waals surface area contributed by atoms with Gasteiger partial charge in [0.25, 0.3) is 0 Å². The fraction of sp³-hybridized carbons (Fsp3) is 0.500. The monoisotopic (exact) mass is 317 g/mol. The van der Waals surface area contributed by atoms with Crippen molar-refractivity contribution in [1.82, 2.24) is 0 Å². The Hall–Kier alpha value is -2.17. The first-order valence-electron chi connectivity index (χ1n) is 7.87. The van der Waals surface area contributed by atoms with Gasteiger partial charge in [-0.15, -0.1) is 0 Å². The molecule has 0 radical (unpaired) electrons. The number of fused-ring (bicyclic) bond motifs is 1.